The minimum atomic E-state index is -0.703. The van der Waals surface area contributed by atoms with E-state index in [-0.39, 0.29) is 17.8 Å². The third-order valence-corrected chi connectivity index (χ3v) is 2.96. The minimum absolute atomic E-state index is 0.119. The molecule has 0 aromatic heterocycles. The van der Waals surface area contributed by atoms with E-state index in [9.17, 15) is 13.6 Å². The largest absolute Gasteiger partial charge is 0.294 e. The van der Waals surface area contributed by atoms with E-state index in [0.29, 0.717) is 0 Å². The standard InChI is InChI=1S/C14H14F2O/c15-12-7-11(8-13(16)9-12)14(17)6-10-4-2-1-3-5-10/h4,7-9H,1-3,5-6H2. The second-order valence-corrected chi connectivity index (χ2v) is 4.37. The third-order valence-electron chi connectivity index (χ3n) is 2.96. The van der Waals surface area contributed by atoms with Crippen LogP contribution >= 0.6 is 0 Å². The van der Waals surface area contributed by atoms with Crippen LogP contribution in [0.1, 0.15) is 42.5 Å². The number of hydrogen-bond donors (Lipinski definition) is 0. The van der Waals surface area contributed by atoms with E-state index >= 15 is 0 Å². The summed E-state index contributed by atoms with van der Waals surface area (Å²) in [5.74, 6) is -1.62. The molecule has 0 unspecified atom stereocenters. The van der Waals surface area contributed by atoms with E-state index in [1.54, 1.807) is 0 Å². The fourth-order valence-electron chi connectivity index (χ4n) is 2.09. The fourth-order valence-corrected chi connectivity index (χ4v) is 2.09. The van der Waals surface area contributed by atoms with Gasteiger partial charge in [-0.1, -0.05) is 11.6 Å². The first-order valence-corrected chi connectivity index (χ1v) is 5.82. The Morgan fingerprint density at radius 3 is 2.41 bits per heavy atom. The molecule has 0 heterocycles. The van der Waals surface area contributed by atoms with Gasteiger partial charge in [0.1, 0.15) is 11.6 Å². The number of benzene rings is 1. The van der Waals surface area contributed by atoms with Gasteiger partial charge in [0.2, 0.25) is 0 Å². The van der Waals surface area contributed by atoms with Crippen LogP contribution in [0.2, 0.25) is 0 Å². The summed E-state index contributed by atoms with van der Waals surface area (Å²) in [6, 6.07) is 2.96. The van der Waals surface area contributed by atoms with Gasteiger partial charge in [-0.05, 0) is 37.8 Å². The van der Waals surface area contributed by atoms with Gasteiger partial charge in [-0.15, -0.1) is 0 Å². The Bertz CT molecular complexity index is 443. The zero-order valence-corrected chi connectivity index (χ0v) is 9.51. The highest BCUT2D eigenvalue weighted by Crippen LogP contribution is 2.22. The summed E-state index contributed by atoms with van der Waals surface area (Å²) >= 11 is 0. The van der Waals surface area contributed by atoms with Gasteiger partial charge in [-0.3, -0.25) is 4.79 Å². The molecule has 1 nitrogen and oxygen atoms in total. The zero-order chi connectivity index (χ0) is 12.3. The molecule has 90 valence electrons. The number of Topliss-reactive ketones (excluding diaryl/α,β-unsaturated/α-hetero) is 1. The third kappa shape index (κ3) is 3.22. The Balaban J connectivity index is 2.11. The SMILES string of the molecule is O=C(CC1=CCCCC1)c1cc(F)cc(F)c1. The van der Waals surface area contributed by atoms with Crippen LogP contribution in [0.15, 0.2) is 29.8 Å². The Kier molecular flexibility index (Phi) is 3.67. The minimum Gasteiger partial charge on any atom is -0.294 e. The van der Waals surface area contributed by atoms with Crippen molar-refractivity contribution < 1.29 is 13.6 Å². The predicted octanol–water partition coefficient (Wildman–Crippen LogP) is 4.04. The van der Waals surface area contributed by atoms with Crippen molar-refractivity contribution in [1.82, 2.24) is 0 Å². The van der Waals surface area contributed by atoms with Gasteiger partial charge in [0, 0.05) is 18.1 Å². The lowest BCUT2D eigenvalue weighted by atomic mass is 9.94. The monoisotopic (exact) mass is 236 g/mol. The molecule has 1 aromatic carbocycles. The van der Waals surface area contributed by atoms with Crippen LogP contribution in [0.5, 0.6) is 0 Å². The maximum Gasteiger partial charge on any atom is 0.167 e. The summed E-state index contributed by atoms with van der Waals surface area (Å²) in [5, 5.41) is 0. The van der Waals surface area contributed by atoms with E-state index in [0.717, 1.165) is 49.5 Å². The van der Waals surface area contributed by atoms with Gasteiger partial charge in [-0.2, -0.15) is 0 Å². The van der Waals surface area contributed by atoms with Gasteiger partial charge in [0.05, 0.1) is 0 Å². The molecule has 0 saturated heterocycles. The quantitative estimate of drug-likeness (QED) is 0.572. The first kappa shape index (κ1) is 12.0. The summed E-state index contributed by atoms with van der Waals surface area (Å²) in [6.45, 7) is 0. The van der Waals surface area contributed by atoms with Crippen LogP contribution in [0.25, 0.3) is 0 Å². The van der Waals surface area contributed by atoms with Crippen molar-refractivity contribution in [3.8, 4) is 0 Å². The average molecular weight is 236 g/mol. The summed E-state index contributed by atoms with van der Waals surface area (Å²) in [4.78, 5) is 11.8. The first-order valence-electron chi connectivity index (χ1n) is 5.82. The van der Waals surface area contributed by atoms with Crippen LogP contribution in [0.3, 0.4) is 0 Å². The Hall–Kier alpha value is -1.51. The predicted molar refractivity (Wildman–Crippen MR) is 61.9 cm³/mol. The van der Waals surface area contributed by atoms with E-state index < -0.39 is 11.6 Å². The van der Waals surface area contributed by atoms with Crippen molar-refractivity contribution in [2.45, 2.75) is 32.1 Å². The van der Waals surface area contributed by atoms with Crippen LogP contribution in [0, 0.1) is 11.6 Å². The number of rotatable bonds is 3. The van der Waals surface area contributed by atoms with Gasteiger partial charge in [-0.25, -0.2) is 8.78 Å². The van der Waals surface area contributed by atoms with Crippen LogP contribution in [-0.4, -0.2) is 5.78 Å². The van der Waals surface area contributed by atoms with Gasteiger partial charge in [0.15, 0.2) is 5.78 Å². The van der Waals surface area contributed by atoms with Gasteiger partial charge in [0.25, 0.3) is 0 Å². The fraction of sp³-hybridized carbons (Fsp3) is 0.357. The number of hydrogen-bond acceptors (Lipinski definition) is 1. The van der Waals surface area contributed by atoms with Crippen molar-refractivity contribution >= 4 is 5.78 Å². The molecule has 17 heavy (non-hydrogen) atoms. The lowest BCUT2D eigenvalue weighted by Gasteiger charge is -2.11. The summed E-state index contributed by atoms with van der Waals surface area (Å²) in [6.07, 6.45) is 6.52. The van der Waals surface area contributed by atoms with Crippen molar-refractivity contribution in [2.75, 3.05) is 0 Å². The Morgan fingerprint density at radius 1 is 1.12 bits per heavy atom. The molecule has 0 fully saturated rings. The molecule has 0 spiro atoms. The van der Waals surface area contributed by atoms with E-state index in [4.69, 9.17) is 0 Å². The number of allylic oxidation sites excluding steroid dienone is 2. The highest BCUT2D eigenvalue weighted by atomic mass is 19.1. The Labute approximate surface area is 99.1 Å². The molecular weight excluding hydrogens is 222 g/mol. The van der Waals surface area contributed by atoms with E-state index in [2.05, 4.69) is 6.08 Å². The highest BCUT2D eigenvalue weighted by molar-refractivity contribution is 5.97. The van der Waals surface area contributed by atoms with E-state index in [1.165, 1.54) is 0 Å². The molecule has 3 heteroatoms. The molecule has 0 radical (unpaired) electrons. The van der Waals surface area contributed by atoms with Crippen molar-refractivity contribution in [1.29, 1.82) is 0 Å². The maximum absolute atomic E-state index is 13.0. The van der Waals surface area contributed by atoms with Crippen molar-refractivity contribution in [3.63, 3.8) is 0 Å². The highest BCUT2D eigenvalue weighted by Gasteiger charge is 2.13. The molecular formula is C14H14F2O. The number of halogens is 2. The number of carbonyl (C=O) groups excluding carboxylic acids is 1. The lowest BCUT2D eigenvalue weighted by Crippen LogP contribution is -2.04. The Morgan fingerprint density at radius 2 is 1.82 bits per heavy atom. The lowest BCUT2D eigenvalue weighted by molar-refractivity contribution is 0.0990. The molecule has 0 aliphatic heterocycles. The topological polar surface area (TPSA) is 17.1 Å². The van der Waals surface area contributed by atoms with Gasteiger partial charge < -0.3 is 0 Å². The number of carbonyl (C=O) groups is 1. The maximum atomic E-state index is 13.0. The average Bonchev–Trinajstić information content (AvgIpc) is 2.29. The molecule has 2 rings (SSSR count). The summed E-state index contributed by atoms with van der Waals surface area (Å²) < 4.78 is 25.9. The smallest absolute Gasteiger partial charge is 0.167 e. The second-order valence-electron chi connectivity index (χ2n) is 4.37. The normalized spacial score (nSPS) is 15.5. The molecule has 0 N–H and O–H groups in total. The molecule has 1 aliphatic carbocycles. The molecule has 1 aromatic rings. The van der Waals surface area contributed by atoms with Crippen LogP contribution < -0.4 is 0 Å². The van der Waals surface area contributed by atoms with Crippen LogP contribution in [0.4, 0.5) is 8.78 Å². The molecule has 0 atom stereocenters. The molecule has 0 saturated carbocycles. The molecule has 0 bridgehead atoms. The van der Waals surface area contributed by atoms with Gasteiger partial charge >= 0.3 is 0 Å². The first-order chi connectivity index (χ1) is 8.15. The summed E-state index contributed by atoms with van der Waals surface area (Å²) in [7, 11) is 0. The zero-order valence-electron chi connectivity index (χ0n) is 9.51. The second kappa shape index (κ2) is 5.21. The van der Waals surface area contributed by atoms with Crippen molar-refractivity contribution in [3.05, 3.63) is 47.0 Å². The summed E-state index contributed by atoms with van der Waals surface area (Å²) in [5.41, 5.74) is 1.21. The molecule has 1 aliphatic rings. The number of ketones is 1. The molecule has 0 amide bonds. The van der Waals surface area contributed by atoms with Crippen LogP contribution in [-0.2, 0) is 0 Å². The van der Waals surface area contributed by atoms with Crippen molar-refractivity contribution in [2.24, 2.45) is 0 Å². The van der Waals surface area contributed by atoms with E-state index in [1.807, 2.05) is 0 Å².